The predicted octanol–water partition coefficient (Wildman–Crippen LogP) is 4.34. The number of benzene rings is 2. The normalized spacial score (nSPS) is 12.1. The van der Waals surface area contributed by atoms with Gasteiger partial charge in [-0.2, -0.15) is 0 Å². The number of anilines is 1. The molecule has 0 bridgehead atoms. The van der Waals surface area contributed by atoms with Crippen LogP contribution in [-0.2, 0) is 4.79 Å². The zero-order chi connectivity index (χ0) is 17.1. The number of carbonyl (C=O) groups is 1. The molecule has 0 radical (unpaired) electrons. The van der Waals surface area contributed by atoms with Crippen molar-refractivity contribution in [3.05, 3.63) is 47.5 Å². The number of aromatic amines is 1. The van der Waals surface area contributed by atoms with Crippen molar-refractivity contribution in [2.24, 2.45) is 0 Å². The van der Waals surface area contributed by atoms with E-state index in [0.29, 0.717) is 15.9 Å². The van der Waals surface area contributed by atoms with Gasteiger partial charge >= 0.3 is 0 Å². The summed E-state index contributed by atoms with van der Waals surface area (Å²) in [4.78, 5) is 20.0. The van der Waals surface area contributed by atoms with Gasteiger partial charge in [-0.15, -0.1) is 0 Å². The minimum absolute atomic E-state index is 0.133. The molecule has 0 saturated carbocycles. The topological polar surface area (TPSA) is 67.0 Å². The fraction of sp³-hybridized carbons (Fsp3) is 0.176. The maximum atomic E-state index is 12.3. The molecular formula is C17H16ClN3O2S. The Labute approximate surface area is 148 Å². The van der Waals surface area contributed by atoms with E-state index in [4.69, 9.17) is 16.3 Å². The van der Waals surface area contributed by atoms with Crippen molar-refractivity contribution in [2.45, 2.75) is 17.3 Å². The Hall–Kier alpha value is -2.18. The highest BCUT2D eigenvalue weighted by atomic mass is 35.5. The van der Waals surface area contributed by atoms with E-state index in [9.17, 15) is 4.79 Å². The van der Waals surface area contributed by atoms with Crippen molar-refractivity contribution in [1.82, 2.24) is 9.97 Å². The van der Waals surface area contributed by atoms with Crippen molar-refractivity contribution in [3.63, 3.8) is 0 Å². The van der Waals surface area contributed by atoms with Gasteiger partial charge in [0.25, 0.3) is 0 Å². The van der Waals surface area contributed by atoms with Crippen LogP contribution in [0.2, 0.25) is 5.02 Å². The number of methoxy groups -OCH3 is 1. The molecule has 0 aliphatic carbocycles. The second kappa shape index (κ2) is 7.15. The Morgan fingerprint density at radius 2 is 2.12 bits per heavy atom. The molecule has 3 aromatic rings. The number of rotatable bonds is 5. The highest BCUT2D eigenvalue weighted by Crippen LogP contribution is 2.27. The molecule has 0 saturated heterocycles. The molecule has 124 valence electrons. The van der Waals surface area contributed by atoms with E-state index in [1.807, 2.05) is 37.3 Å². The zero-order valence-corrected chi connectivity index (χ0v) is 14.7. The molecule has 1 atom stereocenters. The van der Waals surface area contributed by atoms with Crippen LogP contribution >= 0.6 is 23.4 Å². The maximum absolute atomic E-state index is 12.3. The van der Waals surface area contributed by atoms with E-state index in [1.165, 1.54) is 11.8 Å². The number of amides is 1. The third-order valence-electron chi connectivity index (χ3n) is 3.46. The second-order valence-electron chi connectivity index (χ2n) is 5.15. The number of para-hydroxylation sites is 1. The van der Waals surface area contributed by atoms with Crippen LogP contribution in [0.15, 0.2) is 47.6 Å². The third-order valence-corrected chi connectivity index (χ3v) is 4.77. The van der Waals surface area contributed by atoms with Crippen LogP contribution in [-0.4, -0.2) is 28.2 Å². The highest BCUT2D eigenvalue weighted by molar-refractivity contribution is 8.00. The summed E-state index contributed by atoms with van der Waals surface area (Å²) in [5.41, 5.74) is 2.30. The summed E-state index contributed by atoms with van der Waals surface area (Å²) >= 11 is 7.42. The van der Waals surface area contributed by atoms with Gasteiger partial charge in [0.1, 0.15) is 5.75 Å². The smallest absolute Gasteiger partial charge is 0.237 e. The number of aromatic nitrogens is 2. The molecule has 2 N–H and O–H groups in total. The molecule has 0 fully saturated rings. The number of halogens is 1. The molecule has 3 rings (SSSR count). The van der Waals surface area contributed by atoms with Crippen molar-refractivity contribution >= 4 is 46.0 Å². The number of ether oxygens (including phenoxy) is 1. The number of fused-ring (bicyclic) bond motifs is 1. The summed E-state index contributed by atoms with van der Waals surface area (Å²) in [5, 5.41) is 3.69. The Morgan fingerprint density at radius 3 is 2.88 bits per heavy atom. The molecule has 1 heterocycles. The molecule has 1 amide bonds. The molecule has 0 spiro atoms. The standard InChI is InChI=1S/C17H16ClN3O2S/c1-10(16(22)19-13-6-4-3-5-12(13)18)24-17-20-14-8-7-11(23-2)9-15(14)21-17/h3-10H,1-2H3,(H,19,22)(H,20,21)/t10-/m1/s1. The van der Waals surface area contributed by atoms with E-state index in [0.717, 1.165) is 16.8 Å². The summed E-state index contributed by atoms with van der Waals surface area (Å²) in [6, 6.07) is 12.8. The second-order valence-corrected chi connectivity index (χ2v) is 6.89. The van der Waals surface area contributed by atoms with Gasteiger partial charge in [0, 0.05) is 6.07 Å². The average Bonchev–Trinajstić information content (AvgIpc) is 2.97. The van der Waals surface area contributed by atoms with Crippen LogP contribution in [0.4, 0.5) is 5.69 Å². The van der Waals surface area contributed by atoms with Gasteiger partial charge in [0.15, 0.2) is 5.16 Å². The Kier molecular flexibility index (Phi) is 4.97. The van der Waals surface area contributed by atoms with Gasteiger partial charge in [-0.1, -0.05) is 35.5 Å². The first kappa shape index (κ1) is 16.7. The summed E-state index contributed by atoms with van der Waals surface area (Å²) < 4.78 is 5.20. The predicted molar refractivity (Wildman–Crippen MR) is 98.0 cm³/mol. The Morgan fingerprint density at radius 1 is 1.33 bits per heavy atom. The number of imidazole rings is 1. The molecule has 24 heavy (non-hydrogen) atoms. The van der Waals surface area contributed by atoms with Crippen LogP contribution in [0.25, 0.3) is 11.0 Å². The number of nitrogens with one attached hydrogen (secondary N) is 2. The van der Waals surface area contributed by atoms with E-state index in [1.54, 1.807) is 19.2 Å². The zero-order valence-electron chi connectivity index (χ0n) is 13.2. The summed E-state index contributed by atoms with van der Waals surface area (Å²) in [6.45, 7) is 1.82. The van der Waals surface area contributed by atoms with Crippen LogP contribution in [0.1, 0.15) is 6.92 Å². The lowest BCUT2D eigenvalue weighted by Crippen LogP contribution is -2.22. The molecule has 2 aromatic carbocycles. The lowest BCUT2D eigenvalue weighted by atomic mass is 10.3. The lowest BCUT2D eigenvalue weighted by molar-refractivity contribution is -0.115. The minimum atomic E-state index is -0.330. The summed E-state index contributed by atoms with van der Waals surface area (Å²) in [6.07, 6.45) is 0. The molecule has 0 aliphatic heterocycles. The molecule has 7 heteroatoms. The molecule has 1 aromatic heterocycles. The first-order valence-corrected chi connectivity index (χ1v) is 8.58. The molecule has 5 nitrogen and oxygen atoms in total. The molecule has 0 aliphatic rings. The van der Waals surface area contributed by atoms with Crippen LogP contribution < -0.4 is 10.1 Å². The summed E-state index contributed by atoms with van der Waals surface area (Å²) in [7, 11) is 1.62. The SMILES string of the molecule is COc1ccc2nc(S[C@H](C)C(=O)Nc3ccccc3Cl)[nH]c2c1. The van der Waals surface area contributed by atoms with E-state index in [2.05, 4.69) is 15.3 Å². The van der Waals surface area contributed by atoms with E-state index < -0.39 is 0 Å². The van der Waals surface area contributed by atoms with Crippen molar-refractivity contribution in [3.8, 4) is 5.75 Å². The average molecular weight is 362 g/mol. The third kappa shape index (κ3) is 3.66. The van der Waals surface area contributed by atoms with Crippen molar-refractivity contribution < 1.29 is 9.53 Å². The van der Waals surface area contributed by atoms with E-state index in [-0.39, 0.29) is 11.2 Å². The molecular weight excluding hydrogens is 346 g/mol. The van der Waals surface area contributed by atoms with Gasteiger partial charge in [0.2, 0.25) is 5.91 Å². The maximum Gasteiger partial charge on any atom is 0.237 e. The Balaban J connectivity index is 1.71. The number of thioether (sulfide) groups is 1. The largest absolute Gasteiger partial charge is 0.497 e. The number of hydrogen-bond donors (Lipinski definition) is 2. The number of H-pyrrole nitrogens is 1. The van der Waals surface area contributed by atoms with Crippen molar-refractivity contribution in [2.75, 3.05) is 12.4 Å². The number of hydrogen-bond acceptors (Lipinski definition) is 4. The van der Waals surface area contributed by atoms with Gasteiger partial charge in [0.05, 0.1) is 34.1 Å². The fourth-order valence-electron chi connectivity index (χ4n) is 2.17. The fourth-order valence-corrected chi connectivity index (χ4v) is 3.17. The quantitative estimate of drug-likeness (QED) is 0.663. The van der Waals surface area contributed by atoms with Gasteiger partial charge in [-0.3, -0.25) is 4.79 Å². The van der Waals surface area contributed by atoms with Gasteiger partial charge < -0.3 is 15.0 Å². The monoisotopic (exact) mass is 361 g/mol. The highest BCUT2D eigenvalue weighted by Gasteiger charge is 2.17. The minimum Gasteiger partial charge on any atom is -0.497 e. The number of nitrogens with zero attached hydrogens (tertiary/aromatic N) is 1. The molecule has 0 unspecified atom stereocenters. The summed E-state index contributed by atoms with van der Waals surface area (Å²) in [5.74, 6) is 0.623. The van der Waals surface area contributed by atoms with E-state index >= 15 is 0 Å². The van der Waals surface area contributed by atoms with Crippen molar-refractivity contribution in [1.29, 1.82) is 0 Å². The Bertz CT molecular complexity index is 881. The van der Waals surface area contributed by atoms with Crippen LogP contribution in [0.3, 0.4) is 0 Å². The van der Waals surface area contributed by atoms with Crippen LogP contribution in [0.5, 0.6) is 5.75 Å². The number of carbonyl (C=O) groups excluding carboxylic acids is 1. The first-order chi connectivity index (χ1) is 11.6. The first-order valence-electron chi connectivity index (χ1n) is 7.32. The van der Waals surface area contributed by atoms with Gasteiger partial charge in [-0.25, -0.2) is 4.98 Å². The lowest BCUT2D eigenvalue weighted by Gasteiger charge is -2.11. The van der Waals surface area contributed by atoms with Gasteiger partial charge in [-0.05, 0) is 31.2 Å². The van der Waals surface area contributed by atoms with Crippen LogP contribution in [0, 0.1) is 0 Å².